The first-order valence-electron chi connectivity index (χ1n) is 15.6. The summed E-state index contributed by atoms with van der Waals surface area (Å²) in [5.41, 5.74) is 2.11. The van der Waals surface area contributed by atoms with Crippen LogP contribution in [0.4, 0.5) is 0 Å². The summed E-state index contributed by atoms with van der Waals surface area (Å²) in [5, 5.41) is 33.0. The molecule has 0 radical (unpaired) electrons. The van der Waals surface area contributed by atoms with Crippen molar-refractivity contribution in [2.24, 2.45) is 0 Å². The van der Waals surface area contributed by atoms with E-state index in [4.69, 9.17) is 18.9 Å². The molecule has 2 atom stereocenters. The van der Waals surface area contributed by atoms with Crippen molar-refractivity contribution in [3.63, 3.8) is 0 Å². The number of methoxy groups -OCH3 is 3. The Morgan fingerprint density at radius 1 is 1.09 bits per heavy atom. The molecule has 1 aromatic heterocycles. The van der Waals surface area contributed by atoms with Gasteiger partial charge in [-0.05, 0) is 68.9 Å². The maximum atomic E-state index is 13.7. The number of phenolic OH excluding ortho intramolecular Hbond substituents is 2. The van der Waals surface area contributed by atoms with Crippen LogP contribution in [0.25, 0.3) is 6.08 Å². The van der Waals surface area contributed by atoms with Crippen molar-refractivity contribution in [1.29, 1.82) is 0 Å². The highest BCUT2D eigenvalue weighted by Gasteiger charge is 2.32. The normalized spacial score (nSPS) is 16.4. The largest absolute Gasteiger partial charge is 0.507 e. The molecule has 1 aliphatic heterocycles. The van der Waals surface area contributed by atoms with E-state index in [9.17, 15) is 24.6 Å². The number of phenols is 2. The van der Waals surface area contributed by atoms with Gasteiger partial charge in [0.1, 0.15) is 22.8 Å². The summed E-state index contributed by atoms with van der Waals surface area (Å²) in [6, 6.07) is 4.64. The number of hydrogen-bond donors (Lipinski definition) is 4. The third-order valence-electron chi connectivity index (χ3n) is 8.29. The number of cyclic esters (lactones) is 1. The number of fused-ring (bicyclic) bond motifs is 1. The van der Waals surface area contributed by atoms with Gasteiger partial charge >= 0.3 is 5.97 Å². The molecule has 0 aliphatic carbocycles. The molecule has 0 spiro atoms. The molecule has 2 aromatic carbocycles. The van der Waals surface area contributed by atoms with Crippen molar-refractivity contribution in [1.82, 2.24) is 15.5 Å². The van der Waals surface area contributed by atoms with Crippen LogP contribution in [0.15, 0.2) is 30.5 Å². The Kier molecular flexibility index (Phi) is 11.9. The van der Waals surface area contributed by atoms with E-state index in [2.05, 4.69) is 15.5 Å². The van der Waals surface area contributed by atoms with Gasteiger partial charge in [-0.15, -0.1) is 0 Å². The minimum Gasteiger partial charge on any atom is -0.507 e. The van der Waals surface area contributed by atoms with Crippen LogP contribution in [-0.2, 0) is 20.9 Å². The van der Waals surface area contributed by atoms with E-state index in [0.717, 1.165) is 11.3 Å². The van der Waals surface area contributed by atoms with E-state index in [1.165, 1.54) is 27.4 Å². The van der Waals surface area contributed by atoms with Gasteiger partial charge in [0.2, 0.25) is 11.7 Å². The average molecular weight is 650 g/mol. The van der Waals surface area contributed by atoms with Crippen LogP contribution in [-0.4, -0.2) is 65.5 Å². The molecule has 0 saturated carbocycles. The highest BCUT2D eigenvalue weighted by Crippen LogP contribution is 2.47. The highest BCUT2D eigenvalue weighted by molar-refractivity contribution is 5.98. The molecule has 12 nitrogen and oxygen atoms in total. The number of Topliss-reactive ketones (excluding diaryl/α,β-unsaturated/α-hetero) is 1. The van der Waals surface area contributed by atoms with E-state index in [0.29, 0.717) is 61.3 Å². The fourth-order valence-electron chi connectivity index (χ4n) is 5.71. The quantitative estimate of drug-likeness (QED) is 0.218. The molecular formula is C35H43N3O9. The third kappa shape index (κ3) is 8.43. The molecule has 0 saturated heterocycles. The Balaban J connectivity index is 1.85. The summed E-state index contributed by atoms with van der Waals surface area (Å²) in [7, 11) is 4.37. The molecule has 252 valence electrons. The molecule has 2 heterocycles. The predicted octanol–water partition coefficient (Wildman–Crippen LogP) is 5.48. The lowest BCUT2D eigenvalue weighted by atomic mass is 9.84. The predicted molar refractivity (Wildman–Crippen MR) is 174 cm³/mol. The number of nitrogens with one attached hydrogen (secondary N) is 2. The Morgan fingerprint density at radius 2 is 1.79 bits per heavy atom. The first-order valence-corrected chi connectivity index (χ1v) is 15.6. The Hall–Kier alpha value is -5.00. The molecule has 4 N–H and O–H groups in total. The number of benzene rings is 2. The standard InChI is InChI=1S/C35H43N3O9/c1-20-10-9-13-25(39)12-8-6-7-11-22-14-27(40)32(33(42)31(22)35(43)47-20)26(17-30(41)36-18-24-19-37-38-21(24)2)23-15-28(44-3)34(46-5)29(16-23)45-4/h7,11,14-16,19-20,26,40,42H,6,8-10,12-13,17-18H2,1-5H3,(H,36,41)(H,37,38). The van der Waals surface area contributed by atoms with Crippen molar-refractivity contribution >= 4 is 23.7 Å². The van der Waals surface area contributed by atoms with Gasteiger partial charge in [-0.2, -0.15) is 5.10 Å². The molecule has 0 fully saturated rings. The van der Waals surface area contributed by atoms with E-state index in [-0.39, 0.29) is 41.2 Å². The first kappa shape index (κ1) is 34.9. The summed E-state index contributed by atoms with van der Waals surface area (Å²) < 4.78 is 22.3. The summed E-state index contributed by atoms with van der Waals surface area (Å²) in [5.74, 6) is -1.93. The molecule has 4 rings (SSSR count). The number of aromatic nitrogens is 2. The number of nitrogens with zero attached hydrogens (tertiary/aromatic N) is 1. The van der Waals surface area contributed by atoms with Crippen LogP contribution in [0.2, 0.25) is 0 Å². The topological polar surface area (TPSA) is 169 Å². The molecule has 0 bridgehead atoms. The maximum Gasteiger partial charge on any atom is 0.342 e. The van der Waals surface area contributed by atoms with Gasteiger partial charge in [0.05, 0.1) is 33.6 Å². The number of ketones is 1. The summed E-state index contributed by atoms with van der Waals surface area (Å²) >= 11 is 0. The van der Waals surface area contributed by atoms with Crippen LogP contribution >= 0.6 is 0 Å². The fraction of sp³-hybridized carbons (Fsp3) is 0.429. The molecule has 1 aliphatic rings. The van der Waals surface area contributed by atoms with Gasteiger partial charge in [0.25, 0.3) is 0 Å². The summed E-state index contributed by atoms with van der Waals surface area (Å²) in [6.45, 7) is 3.77. The smallest absolute Gasteiger partial charge is 0.342 e. The van der Waals surface area contributed by atoms with Crippen molar-refractivity contribution in [2.75, 3.05) is 21.3 Å². The minimum absolute atomic E-state index is 0.0441. The number of aromatic hydroxyl groups is 2. The zero-order chi connectivity index (χ0) is 34.1. The zero-order valence-corrected chi connectivity index (χ0v) is 27.5. The zero-order valence-electron chi connectivity index (χ0n) is 27.5. The highest BCUT2D eigenvalue weighted by atomic mass is 16.5. The number of aromatic amines is 1. The maximum absolute atomic E-state index is 13.7. The lowest BCUT2D eigenvalue weighted by Crippen LogP contribution is -2.25. The monoisotopic (exact) mass is 649 g/mol. The van der Waals surface area contributed by atoms with Gasteiger partial charge in [0.15, 0.2) is 11.5 Å². The number of carbonyl (C=O) groups excluding carboxylic acids is 3. The molecule has 47 heavy (non-hydrogen) atoms. The third-order valence-corrected chi connectivity index (χ3v) is 8.29. The lowest BCUT2D eigenvalue weighted by molar-refractivity contribution is -0.121. The van der Waals surface area contributed by atoms with E-state index < -0.39 is 29.6 Å². The van der Waals surface area contributed by atoms with Crippen LogP contribution < -0.4 is 19.5 Å². The van der Waals surface area contributed by atoms with Gasteiger partial charge in [-0.3, -0.25) is 14.7 Å². The Labute approximate surface area is 274 Å². The number of carbonyl (C=O) groups is 3. The van der Waals surface area contributed by atoms with Crippen LogP contribution in [0.5, 0.6) is 28.7 Å². The van der Waals surface area contributed by atoms with Gasteiger partial charge in [0, 0.05) is 48.5 Å². The van der Waals surface area contributed by atoms with Crippen molar-refractivity contribution in [3.8, 4) is 28.7 Å². The SMILES string of the molecule is COc1cc(C(CC(=O)NCc2cn[nH]c2C)c2c(O)cc3c(c2O)C(=O)OC(C)CCCC(=O)CCCC=C3)cc(OC)c1OC. The van der Waals surface area contributed by atoms with E-state index in [1.54, 1.807) is 37.4 Å². The second-order valence-corrected chi connectivity index (χ2v) is 11.6. The Morgan fingerprint density at radius 3 is 2.43 bits per heavy atom. The minimum atomic E-state index is -0.979. The first-order chi connectivity index (χ1) is 22.6. The van der Waals surface area contributed by atoms with Gasteiger partial charge in [-0.1, -0.05) is 12.2 Å². The lowest BCUT2D eigenvalue weighted by Gasteiger charge is -2.24. The number of allylic oxidation sites excluding steroid dienone is 1. The van der Waals surface area contributed by atoms with Crippen LogP contribution in [0, 0.1) is 6.92 Å². The van der Waals surface area contributed by atoms with Crippen molar-refractivity contribution < 1.29 is 43.5 Å². The molecular weight excluding hydrogens is 606 g/mol. The number of esters is 1. The summed E-state index contributed by atoms with van der Waals surface area (Å²) in [6.07, 6.45) is 7.35. The number of rotatable bonds is 9. The van der Waals surface area contributed by atoms with Crippen molar-refractivity contribution in [2.45, 2.75) is 77.4 Å². The van der Waals surface area contributed by atoms with E-state index >= 15 is 0 Å². The van der Waals surface area contributed by atoms with Gasteiger partial charge < -0.3 is 34.5 Å². The summed E-state index contributed by atoms with van der Waals surface area (Å²) in [4.78, 5) is 39.3. The number of amides is 1. The van der Waals surface area contributed by atoms with Crippen LogP contribution in [0.1, 0.15) is 96.1 Å². The molecule has 12 heteroatoms. The number of H-pyrrole nitrogens is 1. The fourth-order valence-corrected chi connectivity index (χ4v) is 5.71. The van der Waals surface area contributed by atoms with Gasteiger partial charge in [-0.25, -0.2) is 4.79 Å². The Bertz CT molecular complexity index is 1600. The number of aryl methyl sites for hydroxylation is 1. The average Bonchev–Trinajstić information content (AvgIpc) is 3.45. The number of hydrogen-bond acceptors (Lipinski definition) is 10. The molecule has 2 unspecified atom stereocenters. The van der Waals surface area contributed by atoms with Crippen molar-refractivity contribution in [3.05, 3.63) is 64.0 Å². The van der Waals surface area contributed by atoms with Crippen LogP contribution in [0.3, 0.4) is 0 Å². The molecule has 3 aromatic rings. The second kappa shape index (κ2) is 16.0. The second-order valence-electron chi connectivity index (χ2n) is 11.6. The van der Waals surface area contributed by atoms with E-state index in [1.807, 2.05) is 6.92 Å². The molecule has 1 amide bonds. The number of ether oxygens (including phenoxy) is 4.